The maximum absolute atomic E-state index is 14.3. The summed E-state index contributed by atoms with van der Waals surface area (Å²) in [6.07, 6.45) is 8.81. The first-order chi connectivity index (χ1) is 17.1. The van der Waals surface area contributed by atoms with E-state index in [1.54, 1.807) is 12.1 Å². The zero-order valence-electron chi connectivity index (χ0n) is 19.3. The summed E-state index contributed by atoms with van der Waals surface area (Å²) in [6, 6.07) is 10.7. The molecule has 1 fully saturated rings. The average molecular weight is 493 g/mol. The van der Waals surface area contributed by atoms with E-state index in [-0.39, 0.29) is 12.2 Å². The van der Waals surface area contributed by atoms with Crippen molar-refractivity contribution in [2.24, 2.45) is 0 Å². The largest absolute Gasteiger partial charge is 0.440 e. The van der Waals surface area contributed by atoms with Crippen molar-refractivity contribution in [2.75, 3.05) is 19.7 Å². The second kappa shape index (κ2) is 9.57. The van der Waals surface area contributed by atoms with Crippen LogP contribution in [0.2, 0.25) is 5.02 Å². The molecule has 4 heterocycles. The van der Waals surface area contributed by atoms with E-state index in [2.05, 4.69) is 31.6 Å². The molecule has 1 saturated heterocycles. The van der Waals surface area contributed by atoms with Crippen LogP contribution in [-0.4, -0.2) is 45.2 Å². The standard InChI is InChI=1S/C27H26ClFN4O2/c28-20-5-4-19(23(29)15-20)14-26-31-24-3-1-2-22(27(24)35-26)18-6-10-32(11-7-18)17-25-30-9-12-33(25)16-21-8-13-34-21/h1-6,9,12,15,21H,7-8,10-11,13-14,16-17H2/t21-/m0/s1. The number of oxazole rings is 1. The van der Waals surface area contributed by atoms with Crippen LogP contribution in [-0.2, 0) is 24.2 Å². The first-order valence-electron chi connectivity index (χ1n) is 12.0. The lowest BCUT2D eigenvalue weighted by Crippen LogP contribution is -2.33. The Bertz CT molecular complexity index is 1390. The number of hydrogen-bond acceptors (Lipinski definition) is 5. The summed E-state index contributed by atoms with van der Waals surface area (Å²) in [4.78, 5) is 11.6. The van der Waals surface area contributed by atoms with Crippen molar-refractivity contribution in [3.05, 3.63) is 88.5 Å². The van der Waals surface area contributed by atoms with E-state index in [0.717, 1.165) is 68.1 Å². The monoisotopic (exact) mass is 492 g/mol. The Morgan fingerprint density at radius 2 is 2.11 bits per heavy atom. The number of para-hydroxylation sites is 1. The first-order valence-corrected chi connectivity index (χ1v) is 12.4. The third-order valence-electron chi connectivity index (χ3n) is 6.82. The lowest BCUT2D eigenvalue weighted by molar-refractivity contribution is -0.0597. The molecular weight excluding hydrogens is 467 g/mol. The van der Waals surface area contributed by atoms with Gasteiger partial charge in [-0.2, -0.15) is 0 Å². The highest BCUT2D eigenvalue weighted by atomic mass is 35.5. The summed E-state index contributed by atoms with van der Waals surface area (Å²) in [7, 11) is 0. The molecule has 8 heteroatoms. The van der Waals surface area contributed by atoms with Gasteiger partial charge in [-0.1, -0.05) is 35.9 Å². The van der Waals surface area contributed by atoms with Gasteiger partial charge in [0.15, 0.2) is 11.5 Å². The van der Waals surface area contributed by atoms with Gasteiger partial charge in [0.2, 0.25) is 0 Å². The summed E-state index contributed by atoms with van der Waals surface area (Å²) in [6.45, 7) is 4.33. The molecule has 0 saturated carbocycles. The number of nitrogens with zero attached hydrogens (tertiary/aromatic N) is 4. The van der Waals surface area contributed by atoms with Crippen molar-refractivity contribution < 1.29 is 13.5 Å². The second-order valence-corrected chi connectivity index (χ2v) is 9.60. The zero-order valence-corrected chi connectivity index (χ0v) is 20.0. The van der Waals surface area contributed by atoms with E-state index in [0.29, 0.717) is 22.6 Å². The van der Waals surface area contributed by atoms with Gasteiger partial charge in [-0.15, -0.1) is 0 Å². The van der Waals surface area contributed by atoms with E-state index in [4.69, 9.17) is 20.8 Å². The van der Waals surface area contributed by atoms with Crippen LogP contribution in [0.15, 0.2) is 59.3 Å². The maximum Gasteiger partial charge on any atom is 0.200 e. The van der Waals surface area contributed by atoms with Crippen molar-refractivity contribution in [3.8, 4) is 0 Å². The van der Waals surface area contributed by atoms with Gasteiger partial charge in [0.1, 0.15) is 17.2 Å². The molecule has 2 aliphatic rings. The van der Waals surface area contributed by atoms with Crippen molar-refractivity contribution >= 4 is 28.3 Å². The summed E-state index contributed by atoms with van der Waals surface area (Å²) in [5.74, 6) is 1.22. The van der Waals surface area contributed by atoms with Gasteiger partial charge >= 0.3 is 0 Å². The molecule has 2 aromatic heterocycles. The van der Waals surface area contributed by atoms with Gasteiger partial charge in [-0.05, 0) is 42.2 Å². The fourth-order valence-electron chi connectivity index (χ4n) is 4.76. The van der Waals surface area contributed by atoms with E-state index in [9.17, 15) is 4.39 Å². The molecule has 4 aromatic rings. The third-order valence-corrected chi connectivity index (χ3v) is 7.05. The quantitative estimate of drug-likeness (QED) is 0.341. The van der Waals surface area contributed by atoms with Crippen LogP contribution in [0.25, 0.3) is 16.7 Å². The Balaban J connectivity index is 1.17. The predicted molar refractivity (Wildman–Crippen MR) is 133 cm³/mol. The molecule has 2 aromatic carbocycles. The Kier molecular flexibility index (Phi) is 6.14. The smallest absolute Gasteiger partial charge is 0.200 e. The molecular formula is C27H26ClFN4O2. The topological polar surface area (TPSA) is 56.3 Å². The summed E-state index contributed by atoms with van der Waals surface area (Å²) >= 11 is 5.88. The van der Waals surface area contributed by atoms with Gasteiger partial charge in [0.05, 0.1) is 25.6 Å². The second-order valence-electron chi connectivity index (χ2n) is 9.17. The number of hydrogen-bond donors (Lipinski definition) is 0. The summed E-state index contributed by atoms with van der Waals surface area (Å²) < 4.78 is 28.2. The fourth-order valence-corrected chi connectivity index (χ4v) is 4.92. The minimum Gasteiger partial charge on any atom is -0.440 e. The molecule has 6 rings (SSSR count). The molecule has 0 spiro atoms. The number of fused-ring (bicyclic) bond motifs is 1. The maximum atomic E-state index is 14.3. The number of aromatic nitrogens is 3. The van der Waals surface area contributed by atoms with E-state index in [1.165, 1.54) is 11.6 Å². The minimum absolute atomic E-state index is 0.280. The van der Waals surface area contributed by atoms with Gasteiger partial charge < -0.3 is 13.7 Å². The molecule has 0 N–H and O–H groups in total. The van der Waals surface area contributed by atoms with Crippen LogP contribution >= 0.6 is 11.6 Å². The molecule has 180 valence electrons. The van der Waals surface area contributed by atoms with Gasteiger partial charge in [0, 0.05) is 42.7 Å². The van der Waals surface area contributed by atoms with E-state index < -0.39 is 0 Å². The van der Waals surface area contributed by atoms with E-state index in [1.807, 2.05) is 24.5 Å². The van der Waals surface area contributed by atoms with E-state index >= 15 is 0 Å². The molecule has 0 unspecified atom stereocenters. The number of halogens is 2. The van der Waals surface area contributed by atoms with Crippen LogP contribution < -0.4 is 0 Å². The Morgan fingerprint density at radius 3 is 2.89 bits per heavy atom. The Hall–Kier alpha value is -3.00. The summed E-state index contributed by atoms with van der Waals surface area (Å²) in [5.41, 5.74) is 4.36. The van der Waals surface area contributed by atoms with Crippen molar-refractivity contribution in [1.29, 1.82) is 0 Å². The highest BCUT2D eigenvalue weighted by Crippen LogP contribution is 2.31. The molecule has 6 nitrogen and oxygen atoms in total. The summed E-state index contributed by atoms with van der Waals surface area (Å²) in [5, 5.41) is 0.376. The van der Waals surface area contributed by atoms with Gasteiger partial charge in [-0.25, -0.2) is 14.4 Å². The molecule has 0 radical (unpaired) electrons. The molecule has 0 aliphatic carbocycles. The first kappa shape index (κ1) is 22.5. The highest BCUT2D eigenvalue weighted by molar-refractivity contribution is 6.30. The van der Waals surface area contributed by atoms with Crippen molar-refractivity contribution in [2.45, 2.75) is 38.5 Å². The lowest BCUT2D eigenvalue weighted by Gasteiger charge is -2.29. The predicted octanol–water partition coefficient (Wildman–Crippen LogP) is 5.49. The molecule has 2 aliphatic heterocycles. The number of rotatable bonds is 7. The van der Waals surface area contributed by atoms with Crippen LogP contribution in [0.3, 0.4) is 0 Å². The molecule has 0 bridgehead atoms. The van der Waals surface area contributed by atoms with Gasteiger partial charge in [0.25, 0.3) is 0 Å². The molecule has 35 heavy (non-hydrogen) atoms. The Morgan fingerprint density at radius 1 is 1.20 bits per heavy atom. The van der Waals surface area contributed by atoms with Crippen LogP contribution in [0.1, 0.15) is 35.7 Å². The fraction of sp³-hybridized carbons (Fsp3) is 0.333. The van der Waals surface area contributed by atoms with Crippen LogP contribution in [0.5, 0.6) is 0 Å². The van der Waals surface area contributed by atoms with Crippen LogP contribution in [0.4, 0.5) is 4.39 Å². The molecule has 1 atom stereocenters. The van der Waals surface area contributed by atoms with Crippen molar-refractivity contribution in [1.82, 2.24) is 19.4 Å². The SMILES string of the molecule is Fc1cc(Cl)ccc1Cc1nc2cccc(C3=CCN(Cc4nccn4C[C@@H]4CCO4)CC3)c2o1. The van der Waals surface area contributed by atoms with Crippen LogP contribution in [0, 0.1) is 5.82 Å². The Labute approximate surface area is 208 Å². The normalized spacial score (nSPS) is 18.6. The highest BCUT2D eigenvalue weighted by Gasteiger charge is 2.22. The average Bonchev–Trinajstić information content (AvgIpc) is 3.44. The zero-order chi connectivity index (χ0) is 23.8. The van der Waals surface area contributed by atoms with Crippen molar-refractivity contribution in [3.63, 3.8) is 0 Å². The molecule has 0 amide bonds. The third kappa shape index (κ3) is 4.76. The number of imidazole rings is 1. The minimum atomic E-state index is -0.351. The number of benzene rings is 2. The van der Waals surface area contributed by atoms with Gasteiger partial charge in [-0.3, -0.25) is 4.90 Å². The lowest BCUT2D eigenvalue weighted by atomic mass is 9.98. The number of ether oxygens (including phenoxy) is 1.